The van der Waals surface area contributed by atoms with Crippen LogP contribution in [0.25, 0.3) is 12.2 Å². The molecule has 0 aliphatic carbocycles. The molecule has 0 saturated heterocycles. The minimum Gasteiger partial charge on any atom is -0.493 e. The van der Waals surface area contributed by atoms with Gasteiger partial charge in [-0.25, -0.2) is 0 Å². The van der Waals surface area contributed by atoms with Gasteiger partial charge in [-0.05, 0) is 25.1 Å². The topological polar surface area (TPSA) is 87.6 Å². The third-order valence-corrected chi connectivity index (χ3v) is 3.03. The molecule has 120 valence electrons. The van der Waals surface area contributed by atoms with E-state index in [0.29, 0.717) is 23.7 Å². The van der Waals surface area contributed by atoms with E-state index in [-0.39, 0.29) is 17.1 Å². The van der Waals surface area contributed by atoms with Gasteiger partial charge in [0.1, 0.15) is 6.61 Å². The number of aromatic nitrogens is 1. The number of hydrogen-bond donors (Lipinski definition) is 0. The molecule has 0 aliphatic rings. The highest BCUT2D eigenvalue weighted by molar-refractivity contribution is 5.75. The van der Waals surface area contributed by atoms with Crippen LogP contribution in [0, 0.1) is 17.0 Å². The number of nitrogens with zero attached hydrogens (tertiary/aromatic N) is 2. The van der Waals surface area contributed by atoms with E-state index in [0.717, 1.165) is 0 Å². The van der Waals surface area contributed by atoms with Gasteiger partial charge in [0, 0.05) is 5.56 Å². The second kappa shape index (κ2) is 7.26. The normalized spacial score (nSPS) is 10.7. The summed E-state index contributed by atoms with van der Waals surface area (Å²) < 4.78 is 15.9. The molecule has 0 spiro atoms. The summed E-state index contributed by atoms with van der Waals surface area (Å²) in [5, 5.41) is 14.7. The van der Waals surface area contributed by atoms with Crippen LogP contribution in [-0.2, 0) is 0 Å². The van der Waals surface area contributed by atoms with Crippen LogP contribution in [-0.4, -0.2) is 23.8 Å². The molecule has 1 heterocycles. The van der Waals surface area contributed by atoms with Crippen molar-refractivity contribution in [3.05, 3.63) is 58.0 Å². The molecule has 0 aliphatic heterocycles. The van der Waals surface area contributed by atoms with Crippen molar-refractivity contribution >= 4 is 17.8 Å². The molecule has 2 rings (SSSR count). The molecule has 7 nitrogen and oxygen atoms in total. The minimum absolute atomic E-state index is 0.0741. The molecule has 7 heteroatoms. The van der Waals surface area contributed by atoms with Gasteiger partial charge in [-0.2, -0.15) is 0 Å². The van der Waals surface area contributed by atoms with Gasteiger partial charge in [0.2, 0.25) is 5.76 Å². The largest absolute Gasteiger partial charge is 0.493 e. The average Bonchev–Trinajstić information content (AvgIpc) is 2.91. The number of hydrogen-bond acceptors (Lipinski definition) is 6. The maximum absolute atomic E-state index is 11.0. The summed E-state index contributed by atoms with van der Waals surface area (Å²) in [6.07, 6.45) is 4.74. The van der Waals surface area contributed by atoms with Crippen LogP contribution < -0.4 is 9.47 Å². The van der Waals surface area contributed by atoms with Gasteiger partial charge in [-0.1, -0.05) is 29.9 Å². The highest BCUT2D eigenvalue weighted by Crippen LogP contribution is 2.33. The van der Waals surface area contributed by atoms with E-state index < -0.39 is 4.92 Å². The van der Waals surface area contributed by atoms with Gasteiger partial charge in [0.15, 0.2) is 17.2 Å². The molecule has 23 heavy (non-hydrogen) atoms. The van der Waals surface area contributed by atoms with E-state index in [1.165, 1.54) is 20.1 Å². The van der Waals surface area contributed by atoms with Gasteiger partial charge in [0.05, 0.1) is 12.0 Å². The van der Waals surface area contributed by atoms with E-state index in [9.17, 15) is 10.1 Å². The van der Waals surface area contributed by atoms with Crippen molar-refractivity contribution in [3.8, 4) is 11.5 Å². The predicted molar refractivity (Wildman–Crippen MR) is 85.5 cm³/mol. The van der Waals surface area contributed by atoms with E-state index >= 15 is 0 Å². The Balaban J connectivity index is 2.39. The van der Waals surface area contributed by atoms with E-state index in [1.54, 1.807) is 30.4 Å². The molecule has 0 amide bonds. The summed E-state index contributed by atoms with van der Waals surface area (Å²) in [6.45, 7) is 5.43. The Morgan fingerprint density at radius 1 is 1.43 bits per heavy atom. The lowest BCUT2D eigenvalue weighted by atomic mass is 10.1. The molecule has 0 radical (unpaired) electrons. The smallest absolute Gasteiger partial charge is 0.338 e. The fourth-order valence-corrected chi connectivity index (χ4v) is 2.00. The number of nitro groups is 1. The van der Waals surface area contributed by atoms with Crippen molar-refractivity contribution < 1.29 is 18.9 Å². The zero-order valence-electron chi connectivity index (χ0n) is 12.8. The summed E-state index contributed by atoms with van der Waals surface area (Å²) in [5.41, 5.74) is 0.760. The SMILES string of the molecule is C=CCOc1c(/C=C/c2onc(C)c2[N+](=O)[O-])cccc1OC. The molecule has 0 fully saturated rings. The quantitative estimate of drug-likeness (QED) is 0.440. The highest BCUT2D eigenvalue weighted by atomic mass is 16.6. The Bertz CT molecular complexity index is 749. The molecule has 0 N–H and O–H groups in total. The maximum Gasteiger partial charge on any atom is 0.338 e. The number of para-hydroxylation sites is 1. The zero-order chi connectivity index (χ0) is 16.8. The summed E-state index contributed by atoms with van der Waals surface area (Å²) in [7, 11) is 1.54. The summed E-state index contributed by atoms with van der Waals surface area (Å²) in [6, 6.07) is 5.35. The number of benzene rings is 1. The number of methoxy groups -OCH3 is 1. The Labute approximate surface area is 133 Å². The molecular formula is C16H16N2O5. The monoisotopic (exact) mass is 316 g/mol. The molecule has 1 aromatic heterocycles. The van der Waals surface area contributed by atoms with Crippen LogP contribution in [0.15, 0.2) is 35.4 Å². The third-order valence-electron chi connectivity index (χ3n) is 3.03. The first-order chi connectivity index (χ1) is 11.1. The van der Waals surface area contributed by atoms with Crippen molar-refractivity contribution in [1.29, 1.82) is 0 Å². The van der Waals surface area contributed by atoms with Crippen LogP contribution in [0.4, 0.5) is 5.69 Å². The van der Waals surface area contributed by atoms with Crippen LogP contribution in [0.3, 0.4) is 0 Å². The lowest BCUT2D eigenvalue weighted by molar-refractivity contribution is -0.386. The van der Waals surface area contributed by atoms with E-state index in [1.807, 2.05) is 0 Å². The Hall–Kier alpha value is -3.09. The summed E-state index contributed by atoms with van der Waals surface area (Å²) in [4.78, 5) is 10.5. The van der Waals surface area contributed by atoms with Gasteiger partial charge >= 0.3 is 5.69 Å². The van der Waals surface area contributed by atoms with Crippen molar-refractivity contribution in [2.24, 2.45) is 0 Å². The van der Waals surface area contributed by atoms with Crippen molar-refractivity contribution in [2.45, 2.75) is 6.92 Å². The standard InChI is InChI=1S/C16H16N2O5/c1-4-10-22-16-12(6-5-7-14(16)21-3)8-9-13-15(18(19)20)11(2)17-23-13/h4-9H,1,10H2,2-3H3/b9-8+. The second-order valence-electron chi connectivity index (χ2n) is 4.55. The van der Waals surface area contributed by atoms with Crippen LogP contribution in [0.5, 0.6) is 11.5 Å². The van der Waals surface area contributed by atoms with Crippen LogP contribution in [0.1, 0.15) is 17.0 Å². The molecule has 0 unspecified atom stereocenters. The Morgan fingerprint density at radius 3 is 2.87 bits per heavy atom. The predicted octanol–water partition coefficient (Wildman–Crippen LogP) is 3.64. The molecule has 2 aromatic rings. The van der Waals surface area contributed by atoms with Gasteiger partial charge in [-0.15, -0.1) is 0 Å². The Morgan fingerprint density at radius 2 is 2.22 bits per heavy atom. The fraction of sp³-hybridized carbons (Fsp3) is 0.188. The van der Waals surface area contributed by atoms with Gasteiger partial charge < -0.3 is 14.0 Å². The zero-order valence-corrected chi connectivity index (χ0v) is 12.8. The molecule has 0 bridgehead atoms. The first kappa shape index (κ1) is 16.3. The molecule has 1 aromatic carbocycles. The number of ether oxygens (including phenoxy) is 2. The second-order valence-corrected chi connectivity index (χ2v) is 4.55. The van der Waals surface area contributed by atoms with E-state index in [2.05, 4.69) is 11.7 Å². The van der Waals surface area contributed by atoms with E-state index in [4.69, 9.17) is 14.0 Å². The molecular weight excluding hydrogens is 300 g/mol. The summed E-state index contributed by atoms with van der Waals surface area (Å²) >= 11 is 0. The Kier molecular flexibility index (Phi) is 5.14. The first-order valence-corrected chi connectivity index (χ1v) is 6.78. The van der Waals surface area contributed by atoms with Gasteiger partial charge in [0.25, 0.3) is 0 Å². The van der Waals surface area contributed by atoms with Crippen molar-refractivity contribution in [3.63, 3.8) is 0 Å². The van der Waals surface area contributed by atoms with Crippen molar-refractivity contribution in [2.75, 3.05) is 13.7 Å². The fourth-order valence-electron chi connectivity index (χ4n) is 2.00. The maximum atomic E-state index is 11.0. The van der Waals surface area contributed by atoms with Crippen LogP contribution in [0.2, 0.25) is 0 Å². The van der Waals surface area contributed by atoms with Crippen molar-refractivity contribution in [1.82, 2.24) is 5.16 Å². The van der Waals surface area contributed by atoms with Crippen LogP contribution >= 0.6 is 0 Å². The van der Waals surface area contributed by atoms with Gasteiger partial charge in [-0.3, -0.25) is 10.1 Å². The first-order valence-electron chi connectivity index (χ1n) is 6.78. The lowest BCUT2D eigenvalue weighted by Gasteiger charge is -2.11. The minimum atomic E-state index is -0.522. The molecule has 0 saturated carbocycles. The number of aryl methyl sites for hydroxylation is 1. The average molecular weight is 316 g/mol. The molecule has 0 atom stereocenters. The number of rotatable bonds is 7. The summed E-state index contributed by atoms with van der Waals surface area (Å²) in [5.74, 6) is 1.15. The lowest BCUT2D eigenvalue weighted by Crippen LogP contribution is -1.98. The third kappa shape index (κ3) is 3.57. The highest BCUT2D eigenvalue weighted by Gasteiger charge is 2.22.